The summed E-state index contributed by atoms with van der Waals surface area (Å²) in [5, 5.41) is 1.16. The molecule has 1 spiro atoms. The Kier molecular flexibility index (Phi) is 5.33. The molecule has 1 fully saturated rings. The summed E-state index contributed by atoms with van der Waals surface area (Å²) in [6, 6.07) is 12.5. The van der Waals surface area contributed by atoms with Gasteiger partial charge in [0.2, 0.25) is 0 Å². The molecule has 2 aromatic carbocycles. The second kappa shape index (κ2) is 8.17. The summed E-state index contributed by atoms with van der Waals surface area (Å²) in [7, 11) is 5.06. The molecule has 0 atom stereocenters. The van der Waals surface area contributed by atoms with Gasteiger partial charge in [-0.2, -0.15) is 0 Å². The molecule has 0 saturated carbocycles. The molecule has 32 heavy (non-hydrogen) atoms. The van der Waals surface area contributed by atoms with E-state index in [1.54, 1.807) is 21.3 Å². The highest BCUT2D eigenvalue weighted by atomic mass is 16.5. The standard InChI is InChI=1S/C26H30N2O4/c1-17-13-25(27-22-15-19(29-2)5-6-20(17)22)28-10-8-26(9-11-28)21-16-24(31-4)23(30-3)14-18(21)7-12-32-26/h5-6,13-16H,7-12H2,1-4H3. The number of benzene rings is 2. The van der Waals surface area contributed by atoms with Crippen LogP contribution in [0.4, 0.5) is 5.82 Å². The van der Waals surface area contributed by atoms with Crippen molar-refractivity contribution in [2.45, 2.75) is 31.8 Å². The lowest BCUT2D eigenvalue weighted by atomic mass is 9.79. The fourth-order valence-corrected chi connectivity index (χ4v) is 5.15. The summed E-state index contributed by atoms with van der Waals surface area (Å²) in [5.74, 6) is 3.39. The van der Waals surface area contributed by atoms with Crippen LogP contribution >= 0.6 is 0 Å². The zero-order valence-electron chi connectivity index (χ0n) is 19.2. The van der Waals surface area contributed by atoms with Gasteiger partial charge in [0.1, 0.15) is 11.6 Å². The molecule has 0 aliphatic carbocycles. The predicted octanol–water partition coefficient (Wildman–Crippen LogP) is 4.64. The van der Waals surface area contributed by atoms with Crippen molar-refractivity contribution < 1.29 is 18.9 Å². The van der Waals surface area contributed by atoms with Crippen molar-refractivity contribution >= 4 is 16.7 Å². The number of hydrogen-bond donors (Lipinski definition) is 0. The fourth-order valence-electron chi connectivity index (χ4n) is 5.15. The normalized spacial score (nSPS) is 17.3. The van der Waals surface area contributed by atoms with E-state index >= 15 is 0 Å². The van der Waals surface area contributed by atoms with Gasteiger partial charge >= 0.3 is 0 Å². The topological polar surface area (TPSA) is 53.1 Å². The van der Waals surface area contributed by atoms with Crippen LogP contribution < -0.4 is 19.1 Å². The molecule has 0 unspecified atom stereocenters. The van der Waals surface area contributed by atoms with Crippen molar-refractivity contribution in [3.05, 3.63) is 53.1 Å². The van der Waals surface area contributed by atoms with Crippen LogP contribution in [0.5, 0.6) is 17.2 Å². The molecule has 168 valence electrons. The SMILES string of the molecule is COc1ccc2c(C)cc(N3CCC4(CC3)OCCc3cc(OC)c(OC)cc34)nc2c1. The first-order chi connectivity index (χ1) is 15.6. The summed E-state index contributed by atoms with van der Waals surface area (Å²) < 4.78 is 23.0. The fraction of sp³-hybridized carbons (Fsp3) is 0.423. The molecular weight excluding hydrogens is 404 g/mol. The smallest absolute Gasteiger partial charge is 0.161 e. The Labute approximate surface area is 189 Å². The molecule has 2 aliphatic rings. The predicted molar refractivity (Wildman–Crippen MR) is 125 cm³/mol. The van der Waals surface area contributed by atoms with Gasteiger partial charge < -0.3 is 23.8 Å². The Morgan fingerprint density at radius 3 is 2.41 bits per heavy atom. The molecule has 3 heterocycles. The molecule has 1 aromatic heterocycles. The van der Waals surface area contributed by atoms with E-state index in [4.69, 9.17) is 23.9 Å². The number of aryl methyl sites for hydroxylation is 1. The molecule has 0 bridgehead atoms. The molecule has 6 heteroatoms. The maximum Gasteiger partial charge on any atom is 0.161 e. The Morgan fingerprint density at radius 2 is 1.69 bits per heavy atom. The van der Waals surface area contributed by atoms with Crippen LogP contribution in [0.25, 0.3) is 10.9 Å². The second-order valence-corrected chi connectivity index (χ2v) is 8.62. The van der Waals surface area contributed by atoms with Crippen LogP contribution in [0.3, 0.4) is 0 Å². The Hall–Kier alpha value is -2.99. The molecule has 1 saturated heterocycles. The molecule has 6 nitrogen and oxygen atoms in total. The van der Waals surface area contributed by atoms with E-state index in [0.29, 0.717) is 0 Å². The minimum absolute atomic E-state index is 0.279. The lowest BCUT2D eigenvalue weighted by Gasteiger charge is -2.45. The Balaban J connectivity index is 1.44. The molecule has 0 N–H and O–H groups in total. The van der Waals surface area contributed by atoms with Gasteiger partial charge in [-0.1, -0.05) is 0 Å². The van der Waals surface area contributed by atoms with E-state index < -0.39 is 0 Å². The summed E-state index contributed by atoms with van der Waals surface area (Å²) in [6.45, 7) is 4.65. The summed E-state index contributed by atoms with van der Waals surface area (Å²) in [5.41, 5.74) is 4.46. The monoisotopic (exact) mass is 434 g/mol. The Morgan fingerprint density at radius 1 is 0.938 bits per heavy atom. The minimum atomic E-state index is -0.279. The van der Waals surface area contributed by atoms with Crippen LogP contribution in [0.1, 0.15) is 29.5 Å². The van der Waals surface area contributed by atoms with E-state index in [2.05, 4.69) is 36.1 Å². The molecule has 2 aliphatic heterocycles. The number of rotatable bonds is 4. The Bertz CT molecular complexity index is 1150. The quantitative estimate of drug-likeness (QED) is 0.596. The third-order valence-electron chi connectivity index (χ3n) is 6.96. The second-order valence-electron chi connectivity index (χ2n) is 8.62. The molecule has 0 amide bonds. The lowest BCUT2D eigenvalue weighted by Crippen LogP contribution is -2.47. The van der Waals surface area contributed by atoms with Crippen LogP contribution in [-0.2, 0) is 16.8 Å². The average molecular weight is 435 g/mol. The highest BCUT2D eigenvalue weighted by molar-refractivity contribution is 5.85. The first kappa shape index (κ1) is 20.9. The van der Waals surface area contributed by atoms with E-state index in [1.807, 2.05) is 12.1 Å². The van der Waals surface area contributed by atoms with Gasteiger partial charge in [-0.3, -0.25) is 0 Å². The van der Waals surface area contributed by atoms with Crippen LogP contribution in [0.15, 0.2) is 36.4 Å². The van der Waals surface area contributed by atoms with Gasteiger partial charge in [0.25, 0.3) is 0 Å². The largest absolute Gasteiger partial charge is 0.497 e. The minimum Gasteiger partial charge on any atom is -0.497 e. The number of pyridine rings is 1. The van der Waals surface area contributed by atoms with Crippen molar-refractivity contribution in [3.8, 4) is 17.2 Å². The maximum atomic E-state index is 6.45. The van der Waals surface area contributed by atoms with Gasteiger partial charge in [0, 0.05) is 24.5 Å². The van der Waals surface area contributed by atoms with Gasteiger partial charge in [0.15, 0.2) is 11.5 Å². The highest BCUT2D eigenvalue weighted by Gasteiger charge is 2.42. The van der Waals surface area contributed by atoms with E-state index in [1.165, 1.54) is 16.7 Å². The van der Waals surface area contributed by atoms with Crippen molar-refractivity contribution in [3.63, 3.8) is 0 Å². The van der Waals surface area contributed by atoms with Gasteiger partial charge in [-0.05, 0) is 73.2 Å². The number of hydrogen-bond acceptors (Lipinski definition) is 6. The first-order valence-corrected chi connectivity index (χ1v) is 11.2. The van der Waals surface area contributed by atoms with E-state index in [0.717, 1.165) is 72.9 Å². The average Bonchev–Trinajstić information content (AvgIpc) is 2.83. The van der Waals surface area contributed by atoms with Crippen molar-refractivity contribution in [2.24, 2.45) is 0 Å². The zero-order valence-corrected chi connectivity index (χ0v) is 19.2. The van der Waals surface area contributed by atoms with Crippen molar-refractivity contribution in [2.75, 3.05) is 45.9 Å². The molecule has 0 radical (unpaired) electrons. The number of fused-ring (bicyclic) bond motifs is 3. The number of ether oxygens (including phenoxy) is 4. The first-order valence-electron chi connectivity index (χ1n) is 11.2. The summed E-state index contributed by atoms with van der Waals surface area (Å²) in [4.78, 5) is 7.34. The van der Waals surface area contributed by atoms with Gasteiger partial charge in [-0.15, -0.1) is 0 Å². The third kappa shape index (κ3) is 3.43. The maximum absolute atomic E-state index is 6.45. The summed E-state index contributed by atoms with van der Waals surface area (Å²) in [6.07, 6.45) is 2.72. The lowest BCUT2D eigenvalue weighted by molar-refractivity contribution is -0.0768. The van der Waals surface area contributed by atoms with Crippen molar-refractivity contribution in [1.82, 2.24) is 4.98 Å². The summed E-state index contributed by atoms with van der Waals surface area (Å²) >= 11 is 0. The third-order valence-corrected chi connectivity index (χ3v) is 6.96. The number of aromatic nitrogens is 1. The van der Waals surface area contributed by atoms with Gasteiger partial charge in [-0.25, -0.2) is 4.98 Å². The van der Waals surface area contributed by atoms with Crippen LogP contribution in [0.2, 0.25) is 0 Å². The highest BCUT2D eigenvalue weighted by Crippen LogP contribution is 2.45. The molecule has 3 aromatic rings. The van der Waals surface area contributed by atoms with Gasteiger partial charge in [0.05, 0.1) is 39.1 Å². The van der Waals surface area contributed by atoms with E-state index in [-0.39, 0.29) is 5.60 Å². The van der Waals surface area contributed by atoms with Crippen molar-refractivity contribution in [1.29, 1.82) is 0 Å². The number of anilines is 1. The van der Waals surface area contributed by atoms with Crippen LogP contribution in [0, 0.1) is 6.92 Å². The molecular formula is C26H30N2O4. The molecule has 5 rings (SSSR count). The zero-order chi connectivity index (χ0) is 22.3. The van der Waals surface area contributed by atoms with Crippen LogP contribution in [-0.4, -0.2) is 46.0 Å². The van der Waals surface area contributed by atoms with E-state index in [9.17, 15) is 0 Å². The number of piperidine rings is 1. The number of nitrogens with zero attached hydrogens (tertiary/aromatic N) is 2. The number of methoxy groups -OCH3 is 3.